The van der Waals surface area contributed by atoms with Gasteiger partial charge in [-0.15, -0.1) is 36.2 Å². The van der Waals surface area contributed by atoms with Gasteiger partial charge in [0.05, 0.1) is 6.04 Å². The molecule has 1 saturated carbocycles. The van der Waals surface area contributed by atoms with Gasteiger partial charge in [-0.05, 0) is 57.0 Å². The molecule has 4 rings (SSSR count). The fraction of sp³-hybridized carbons (Fsp3) is 0.750. The minimum absolute atomic E-state index is 0. The van der Waals surface area contributed by atoms with Crippen molar-refractivity contribution in [3.05, 3.63) is 16.6 Å². The first-order valence-electron chi connectivity index (χ1n) is 8.21. The molecule has 3 aliphatic rings. The molecule has 3 heterocycles. The number of nitrogens with zero attached hydrogens (tertiary/aromatic N) is 2. The van der Waals surface area contributed by atoms with Gasteiger partial charge < -0.3 is 10.2 Å². The van der Waals surface area contributed by atoms with E-state index < -0.39 is 0 Å². The van der Waals surface area contributed by atoms with Crippen LogP contribution in [0.15, 0.2) is 11.6 Å². The average Bonchev–Trinajstić information content (AvgIpc) is 2.99. The fourth-order valence-electron chi connectivity index (χ4n) is 4.23. The monoisotopic (exact) mass is 377 g/mol. The van der Waals surface area contributed by atoms with E-state index in [0.29, 0.717) is 17.2 Å². The van der Waals surface area contributed by atoms with Gasteiger partial charge in [0.1, 0.15) is 5.01 Å². The molecule has 2 aliphatic heterocycles. The predicted molar refractivity (Wildman–Crippen MR) is 97.6 cm³/mol. The molecule has 0 aromatic carbocycles. The highest BCUT2D eigenvalue weighted by Gasteiger charge is 2.59. The van der Waals surface area contributed by atoms with Crippen molar-refractivity contribution >= 4 is 42.1 Å². The Morgan fingerprint density at radius 2 is 2.09 bits per heavy atom. The van der Waals surface area contributed by atoms with Crippen LogP contribution in [0.5, 0.6) is 0 Å². The highest BCUT2D eigenvalue weighted by Crippen LogP contribution is 2.59. The summed E-state index contributed by atoms with van der Waals surface area (Å²) in [5.41, 5.74) is 0.340. The standard InChI is InChI=1S/C16H23N3OS.2ClH/c20-15(12-11-16(12)4-6-17-7-5-16)19-9-2-1-3-13(19)14-18-8-10-21-14;;/h8,10,12-13,17H,1-7,9,11H2;2*1H. The van der Waals surface area contributed by atoms with Crippen LogP contribution in [-0.2, 0) is 4.79 Å². The zero-order valence-corrected chi connectivity index (χ0v) is 15.7. The third-order valence-electron chi connectivity index (χ3n) is 5.61. The number of rotatable bonds is 2. The molecule has 4 nitrogen and oxygen atoms in total. The predicted octanol–water partition coefficient (Wildman–Crippen LogP) is 3.43. The van der Waals surface area contributed by atoms with E-state index in [1.165, 1.54) is 19.3 Å². The molecule has 0 bridgehead atoms. The SMILES string of the molecule is Cl.Cl.O=C(C1CC12CCNCC2)N1CCCCC1c1nccs1. The zero-order valence-electron chi connectivity index (χ0n) is 13.2. The number of halogens is 2. The van der Waals surface area contributed by atoms with Gasteiger partial charge in [0.15, 0.2) is 0 Å². The normalized spacial score (nSPS) is 28.6. The Labute approximate surface area is 154 Å². The number of carbonyl (C=O) groups is 1. The van der Waals surface area contributed by atoms with Gasteiger partial charge in [-0.25, -0.2) is 4.98 Å². The second-order valence-corrected chi connectivity index (χ2v) is 7.71. The van der Waals surface area contributed by atoms with Crippen LogP contribution in [0.2, 0.25) is 0 Å². The van der Waals surface area contributed by atoms with Gasteiger partial charge in [-0.1, -0.05) is 0 Å². The van der Waals surface area contributed by atoms with Gasteiger partial charge in [-0.3, -0.25) is 4.79 Å². The van der Waals surface area contributed by atoms with Crippen LogP contribution in [0.25, 0.3) is 0 Å². The van der Waals surface area contributed by atoms with Gasteiger partial charge in [0.25, 0.3) is 0 Å². The highest BCUT2D eigenvalue weighted by molar-refractivity contribution is 7.09. The van der Waals surface area contributed by atoms with E-state index in [0.717, 1.165) is 43.9 Å². The molecule has 1 N–H and O–H groups in total. The van der Waals surface area contributed by atoms with Crippen LogP contribution in [0, 0.1) is 11.3 Å². The van der Waals surface area contributed by atoms with Crippen molar-refractivity contribution in [3.8, 4) is 0 Å². The van der Waals surface area contributed by atoms with E-state index in [1.54, 1.807) is 11.3 Å². The van der Waals surface area contributed by atoms with Gasteiger partial charge >= 0.3 is 0 Å². The third kappa shape index (κ3) is 3.53. The van der Waals surface area contributed by atoms with Crippen LogP contribution in [-0.4, -0.2) is 35.4 Å². The maximum Gasteiger partial charge on any atom is 0.226 e. The molecule has 1 amide bonds. The molecule has 1 aliphatic carbocycles. The Morgan fingerprint density at radius 3 is 2.78 bits per heavy atom. The zero-order chi connectivity index (χ0) is 14.3. The summed E-state index contributed by atoms with van der Waals surface area (Å²) >= 11 is 1.69. The summed E-state index contributed by atoms with van der Waals surface area (Å²) in [4.78, 5) is 19.6. The lowest BCUT2D eigenvalue weighted by Crippen LogP contribution is -2.41. The minimum atomic E-state index is 0. The lowest BCUT2D eigenvalue weighted by Gasteiger charge is -2.35. The van der Waals surface area contributed by atoms with Crippen LogP contribution >= 0.6 is 36.2 Å². The molecule has 2 unspecified atom stereocenters. The first-order valence-corrected chi connectivity index (χ1v) is 9.09. The molecule has 23 heavy (non-hydrogen) atoms. The van der Waals surface area contributed by atoms with Crippen molar-refractivity contribution in [1.29, 1.82) is 0 Å². The van der Waals surface area contributed by atoms with Gasteiger partial charge in [0.2, 0.25) is 5.91 Å². The summed E-state index contributed by atoms with van der Waals surface area (Å²) in [6, 6.07) is 0.241. The first kappa shape index (κ1) is 19.0. The number of hydrogen-bond acceptors (Lipinski definition) is 4. The average molecular weight is 378 g/mol. The van der Waals surface area contributed by atoms with Crippen molar-refractivity contribution in [2.45, 2.75) is 44.6 Å². The molecule has 2 saturated heterocycles. The Kier molecular flexibility index (Phi) is 6.34. The molecule has 1 aromatic rings. The number of aromatic nitrogens is 1. The highest BCUT2D eigenvalue weighted by atomic mass is 35.5. The smallest absolute Gasteiger partial charge is 0.226 e. The maximum absolute atomic E-state index is 13.0. The molecule has 1 spiro atoms. The van der Waals surface area contributed by atoms with Crippen molar-refractivity contribution in [2.75, 3.05) is 19.6 Å². The largest absolute Gasteiger partial charge is 0.333 e. The number of carbonyl (C=O) groups excluding carboxylic acids is 1. The van der Waals surface area contributed by atoms with E-state index in [1.807, 2.05) is 11.6 Å². The van der Waals surface area contributed by atoms with Crippen LogP contribution < -0.4 is 5.32 Å². The molecular formula is C16H25Cl2N3OS. The molecule has 7 heteroatoms. The Bertz CT molecular complexity index is 519. The first-order chi connectivity index (χ1) is 10.3. The molecule has 130 valence electrons. The second kappa shape index (κ2) is 7.68. The van der Waals surface area contributed by atoms with Gasteiger partial charge in [-0.2, -0.15) is 0 Å². The van der Waals surface area contributed by atoms with Crippen LogP contribution in [0.3, 0.4) is 0 Å². The second-order valence-electron chi connectivity index (χ2n) is 6.78. The minimum Gasteiger partial charge on any atom is -0.333 e. The number of likely N-dealkylation sites (tertiary alicyclic amines) is 1. The van der Waals surface area contributed by atoms with E-state index in [9.17, 15) is 4.79 Å². The topological polar surface area (TPSA) is 45.2 Å². The Balaban J connectivity index is 0.000000960. The Hall–Kier alpha value is -0.360. The number of hydrogen-bond donors (Lipinski definition) is 1. The Morgan fingerprint density at radius 1 is 1.30 bits per heavy atom. The van der Waals surface area contributed by atoms with Crippen molar-refractivity contribution < 1.29 is 4.79 Å². The quantitative estimate of drug-likeness (QED) is 0.858. The summed E-state index contributed by atoms with van der Waals surface area (Å²) in [6.45, 7) is 3.09. The van der Waals surface area contributed by atoms with E-state index in [4.69, 9.17) is 0 Å². The van der Waals surface area contributed by atoms with Crippen molar-refractivity contribution in [1.82, 2.24) is 15.2 Å². The summed E-state index contributed by atoms with van der Waals surface area (Å²) in [7, 11) is 0. The van der Waals surface area contributed by atoms with Crippen molar-refractivity contribution in [2.24, 2.45) is 11.3 Å². The lowest BCUT2D eigenvalue weighted by molar-refractivity contribution is -0.137. The molecule has 1 aromatic heterocycles. The molecule has 0 radical (unpaired) electrons. The summed E-state index contributed by atoms with van der Waals surface area (Å²) in [6.07, 6.45) is 8.79. The van der Waals surface area contributed by atoms with Gasteiger partial charge in [0, 0.05) is 24.0 Å². The lowest BCUT2D eigenvalue weighted by atomic mass is 9.91. The fourth-order valence-corrected chi connectivity index (χ4v) is 5.01. The maximum atomic E-state index is 13.0. The van der Waals surface area contributed by atoms with Crippen LogP contribution in [0.1, 0.15) is 49.6 Å². The number of thiazole rings is 1. The van der Waals surface area contributed by atoms with Crippen LogP contribution in [0.4, 0.5) is 0 Å². The molecule has 3 fully saturated rings. The van der Waals surface area contributed by atoms with E-state index >= 15 is 0 Å². The molecule has 2 atom stereocenters. The van der Waals surface area contributed by atoms with E-state index in [-0.39, 0.29) is 30.9 Å². The number of amides is 1. The van der Waals surface area contributed by atoms with Crippen molar-refractivity contribution in [3.63, 3.8) is 0 Å². The summed E-state index contributed by atoms with van der Waals surface area (Å²) < 4.78 is 0. The number of piperidine rings is 2. The third-order valence-corrected chi connectivity index (χ3v) is 6.49. The summed E-state index contributed by atoms with van der Waals surface area (Å²) in [5.74, 6) is 0.706. The molecular weight excluding hydrogens is 353 g/mol. The number of nitrogens with one attached hydrogen (secondary N) is 1. The summed E-state index contributed by atoms with van der Waals surface area (Å²) in [5, 5.41) is 6.57. The van der Waals surface area contributed by atoms with E-state index in [2.05, 4.69) is 15.2 Å².